The molecular weight excluding hydrogens is 402 g/mol. The lowest BCUT2D eigenvalue weighted by Gasteiger charge is -2.19. The lowest BCUT2D eigenvalue weighted by atomic mass is 10.0. The van der Waals surface area contributed by atoms with Gasteiger partial charge < -0.3 is 9.84 Å². The summed E-state index contributed by atoms with van der Waals surface area (Å²) in [6, 6.07) is 7.76. The third-order valence-corrected chi connectivity index (χ3v) is 5.35. The van der Waals surface area contributed by atoms with E-state index in [1.165, 1.54) is 50.5 Å². The number of esters is 1. The normalized spacial score (nSPS) is 13.5. The predicted molar refractivity (Wildman–Crippen MR) is 130 cm³/mol. The van der Waals surface area contributed by atoms with Crippen LogP contribution in [0.1, 0.15) is 88.4 Å². The van der Waals surface area contributed by atoms with Crippen LogP contribution in [0.2, 0.25) is 0 Å². The van der Waals surface area contributed by atoms with Gasteiger partial charge in [-0.3, -0.25) is 0 Å². The molecule has 32 heavy (non-hydrogen) atoms. The van der Waals surface area contributed by atoms with Crippen molar-refractivity contribution in [2.24, 2.45) is 5.11 Å². The Kier molecular flexibility index (Phi) is 15.5. The Labute approximate surface area is 193 Å². The molecule has 1 aromatic rings. The summed E-state index contributed by atoms with van der Waals surface area (Å²) < 4.78 is 5.50. The standard InChI is InChI=1S/C26H39N3O3/c1-3-4-5-6-7-8-11-16-22(2)17-12-9-15-20-25(24(21-30)28-29-27)32-26(31)23-18-13-10-14-19-23/h10,13-15,17-20,24-25,30H,3-9,11-12,16,21H2,1-2H3/b20-15+,22-17+/t24-,25+/m0/s1. The number of benzene rings is 1. The number of carbonyl (C=O) groups is 1. The molecule has 1 N–H and O–H groups in total. The maximum atomic E-state index is 12.4. The third-order valence-electron chi connectivity index (χ3n) is 5.35. The summed E-state index contributed by atoms with van der Waals surface area (Å²) in [4.78, 5) is 15.1. The van der Waals surface area contributed by atoms with Crippen LogP contribution in [0.15, 0.2) is 59.2 Å². The van der Waals surface area contributed by atoms with Crippen molar-refractivity contribution in [3.8, 4) is 0 Å². The quantitative estimate of drug-likeness (QED) is 0.0685. The first kappa shape index (κ1) is 27.5. The first-order valence-corrected chi connectivity index (χ1v) is 11.9. The van der Waals surface area contributed by atoms with Crippen LogP contribution < -0.4 is 0 Å². The van der Waals surface area contributed by atoms with Gasteiger partial charge in [0.2, 0.25) is 0 Å². The molecule has 0 aliphatic carbocycles. The number of aliphatic hydroxyl groups excluding tert-OH is 1. The molecular formula is C26H39N3O3. The minimum atomic E-state index is -0.862. The second kappa shape index (κ2) is 18.1. The van der Waals surface area contributed by atoms with Crippen molar-refractivity contribution in [2.75, 3.05) is 6.61 Å². The lowest BCUT2D eigenvalue weighted by molar-refractivity contribution is 0.0304. The first-order chi connectivity index (χ1) is 15.6. The number of aliphatic hydroxyl groups is 1. The number of unbranched alkanes of at least 4 members (excludes halogenated alkanes) is 7. The zero-order valence-corrected chi connectivity index (χ0v) is 19.7. The molecule has 0 radical (unpaired) electrons. The molecule has 1 rings (SSSR count). The molecule has 0 saturated carbocycles. The highest BCUT2D eigenvalue weighted by Crippen LogP contribution is 2.14. The van der Waals surface area contributed by atoms with E-state index >= 15 is 0 Å². The van der Waals surface area contributed by atoms with E-state index in [9.17, 15) is 9.90 Å². The highest BCUT2D eigenvalue weighted by molar-refractivity contribution is 5.89. The van der Waals surface area contributed by atoms with Crippen LogP contribution in [-0.2, 0) is 4.74 Å². The maximum absolute atomic E-state index is 12.4. The van der Waals surface area contributed by atoms with Crippen LogP contribution in [0.3, 0.4) is 0 Å². The number of hydrogen-bond donors (Lipinski definition) is 1. The lowest BCUT2D eigenvalue weighted by Crippen LogP contribution is -2.31. The van der Waals surface area contributed by atoms with Gasteiger partial charge in [0, 0.05) is 4.91 Å². The van der Waals surface area contributed by atoms with Gasteiger partial charge in [-0.2, -0.15) is 0 Å². The first-order valence-electron chi connectivity index (χ1n) is 11.9. The van der Waals surface area contributed by atoms with Gasteiger partial charge in [0.25, 0.3) is 0 Å². The van der Waals surface area contributed by atoms with E-state index in [2.05, 4.69) is 29.9 Å². The Balaban J connectivity index is 2.48. The molecule has 6 nitrogen and oxygen atoms in total. The van der Waals surface area contributed by atoms with Gasteiger partial charge in [0.15, 0.2) is 0 Å². The van der Waals surface area contributed by atoms with Crippen molar-refractivity contribution in [1.82, 2.24) is 0 Å². The smallest absolute Gasteiger partial charge is 0.338 e. The summed E-state index contributed by atoms with van der Waals surface area (Å²) in [6.07, 6.45) is 17.1. The van der Waals surface area contributed by atoms with Crippen molar-refractivity contribution in [3.63, 3.8) is 0 Å². The Morgan fingerprint density at radius 1 is 1.12 bits per heavy atom. The minimum Gasteiger partial charge on any atom is -0.454 e. The third kappa shape index (κ3) is 12.3. The van der Waals surface area contributed by atoms with E-state index in [0.717, 1.165) is 19.3 Å². The number of hydrogen-bond acceptors (Lipinski definition) is 4. The molecule has 0 aliphatic rings. The summed E-state index contributed by atoms with van der Waals surface area (Å²) in [7, 11) is 0. The second-order valence-corrected chi connectivity index (χ2v) is 8.12. The highest BCUT2D eigenvalue weighted by Gasteiger charge is 2.22. The average Bonchev–Trinajstić information content (AvgIpc) is 2.81. The number of allylic oxidation sites excluding steroid dienone is 3. The van der Waals surface area contributed by atoms with Crippen LogP contribution >= 0.6 is 0 Å². The molecule has 176 valence electrons. The SMILES string of the molecule is CCCCCCCCC/C(C)=C/CC/C=C/[C@@H](OC(=O)c1ccccc1)[C@H](CO)N=[N+]=[N-]. The van der Waals surface area contributed by atoms with Crippen molar-refractivity contribution >= 4 is 5.97 Å². The van der Waals surface area contributed by atoms with E-state index in [1.807, 2.05) is 12.1 Å². The molecule has 0 heterocycles. The number of ether oxygens (including phenoxy) is 1. The summed E-state index contributed by atoms with van der Waals surface area (Å²) in [5.74, 6) is -0.516. The topological polar surface area (TPSA) is 95.3 Å². The molecule has 0 aromatic heterocycles. The van der Waals surface area contributed by atoms with E-state index in [4.69, 9.17) is 10.3 Å². The molecule has 0 unspecified atom stereocenters. The molecule has 0 amide bonds. The Morgan fingerprint density at radius 3 is 2.47 bits per heavy atom. The summed E-state index contributed by atoms with van der Waals surface area (Å²) in [5, 5.41) is 13.1. The molecule has 6 heteroatoms. The number of carbonyl (C=O) groups excluding carboxylic acids is 1. The summed E-state index contributed by atoms with van der Waals surface area (Å²) in [6.45, 7) is 4.01. The molecule has 0 bridgehead atoms. The number of nitrogens with zero attached hydrogens (tertiary/aromatic N) is 3. The van der Waals surface area contributed by atoms with Crippen LogP contribution in [0.25, 0.3) is 10.4 Å². The van der Waals surface area contributed by atoms with E-state index in [-0.39, 0.29) is 0 Å². The van der Waals surface area contributed by atoms with Gasteiger partial charge in [0.05, 0.1) is 12.2 Å². The second-order valence-electron chi connectivity index (χ2n) is 8.12. The van der Waals surface area contributed by atoms with Crippen molar-refractivity contribution in [3.05, 3.63) is 70.1 Å². The van der Waals surface area contributed by atoms with E-state index in [0.29, 0.717) is 5.56 Å². The molecule has 0 saturated heterocycles. The van der Waals surface area contributed by atoms with Gasteiger partial charge in [-0.25, -0.2) is 4.79 Å². The monoisotopic (exact) mass is 441 g/mol. The number of rotatable bonds is 17. The van der Waals surface area contributed by atoms with Crippen molar-refractivity contribution in [1.29, 1.82) is 0 Å². The Hall–Kier alpha value is -2.56. The molecule has 0 fully saturated rings. The van der Waals surface area contributed by atoms with Crippen LogP contribution in [0.4, 0.5) is 0 Å². The Bertz CT molecular complexity index is 740. The van der Waals surface area contributed by atoms with Gasteiger partial charge in [-0.05, 0) is 56.3 Å². The van der Waals surface area contributed by atoms with Crippen LogP contribution in [0.5, 0.6) is 0 Å². The van der Waals surface area contributed by atoms with Crippen LogP contribution in [0, 0.1) is 0 Å². The number of azide groups is 1. The van der Waals surface area contributed by atoms with E-state index in [1.54, 1.807) is 30.3 Å². The van der Waals surface area contributed by atoms with E-state index < -0.39 is 24.7 Å². The zero-order valence-electron chi connectivity index (χ0n) is 19.7. The zero-order chi connectivity index (χ0) is 23.4. The van der Waals surface area contributed by atoms with Gasteiger partial charge in [0.1, 0.15) is 12.1 Å². The largest absolute Gasteiger partial charge is 0.454 e. The average molecular weight is 442 g/mol. The fraction of sp³-hybridized carbons (Fsp3) is 0.577. The Morgan fingerprint density at radius 2 is 1.81 bits per heavy atom. The van der Waals surface area contributed by atoms with Gasteiger partial charge in [-0.1, -0.05) is 86.5 Å². The minimum absolute atomic E-state index is 0.404. The summed E-state index contributed by atoms with van der Waals surface area (Å²) in [5.41, 5.74) is 10.6. The fourth-order valence-corrected chi connectivity index (χ4v) is 3.40. The maximum Gasteiger partial charge on any atom is 0.338 e. The molecule has 2 atom stereocenters. The van der Waals surface area contributed by atoms with Crippen molar-refractivity contribution in [2.45, 2.75) is 90.2 Å². The van der Waals surface area contributed by atoms with Gasteiger partial charge in [-0.15, -0.1) is 0 Å². The fourth-order valence-electron chi connectivity index (χ4n) is 3.40. The molecule has 0 aliphatic heterocycles. The van der Waals surface area contributed by atoms with Gasteiger partial charge >= 0.3 is 5.97 Å². The molecule has 0 spiro atoms. The highest BCUT2D eigenvalue weighted by atomic mass is 16.5. The van der Waals surface area contributed by atoms with Crippen LogP contribution in [-0.4, -0.2) is 29.8 Å². The predicted octanol–water partition coefficient (Wildman–Crippen LogP) is 7.31. The van der Waals surface area contributed by atoms with Crippen molar-refractivity contribution < 1.29 is 14.6 Å². The molecule has 1 aromatic carbocycles. The summed E-state index contributed by atoms with van der Waals surface area (Å²) >= 11 is 0.